The van der Waals surface area contributed by atoms with Gasteiger partial charge in [-0.05, 0) is 6.07 Å². The molecule has 0 aliphatic rings. The maximum absolute atomic E-state index is 10.5. The molecule has 0 atom stereocenters. The van der Waals surface area contributed by atoms with Gasteiger partial charge in [0.2, 0.25) is 0 Å². The number of hydrogen-bond donors (Lipinski definition) is 0. The zero-order valence-electron chi connectivity index (χ0n) is 6.56. The van der Waals surface area contributed by atoms with Gasteiger partial charge < -0.3 is 4.57 Å². The van der Waals surface area contributed by atoms with Crippen LogP contribution in [0.1, 0.15) is 10.5 Å². The Labute approximate surface area is 68.9 Å². The molecule has 0 aromatic carbocycles. The highest BCUT2D eigenvalue weighted by Gasteiger charge is 2.04. The van der Waals surface area contributed by atoms with Crippen LogP contribution in [0.5, 0.6) is 0 Å². The van der Waals surface area contributed by atoms with Crippen molar-refractivity contribution in [3.63, 3.8) is 0 Å². The maximum Gasteiger partial charge on any atom is 0.170 e. The molecule has 0 amide bonds. The van der Waals surface area contributed by atoms with Crippen LogP contribution in [0.25, 0.3) is 11.0 Å². The van der Waals surface area contributed by atoms with Gasteiger partial charge in [0.25, 0.3) is 0 Å². The molecule has 4 heteroatoms. The Balaban J connectivity index is 2.89. The molecule has 2 heterocycles. The van der Waals surface area contributed by atoms with Gasteiger partial charge in [0.05, 0.1) is 11.8 Å². The van der Waals surface area contributed by atoms with Crippen molar-refractivity contribution in [1.82, 2.24) is 14.5 Å². The van der Waals surface area contributed by atoms with Crippen molar-refractivity contribution < 1.29 is 4.79 Å². The molecule has 0 unspecified atom stereocenters. The number of imidazole rings is 1. The molecule has 12 heavy (non-hydrogen) atoms. The van der Waals surface area contributed by atoms with Gasteiger partial charge in [-0.2, -0.15) is 0 Å². The summed E-state index contributed by atoms with van der Waals surface area (Å²) in [5, 5.41) is 0. The third-order valence-electron chi connectivity index (χ3n) is 1.78. The van der Waals surface area contributed by atoms with E-state index in [1.165, 1.54) is 0 Å². The van der Waals surface area contributed by atoms with Gasteiger partial charge in [0.1, 0.15) is 11.2 Å². The smallest absolute Gasteiger partial charge is 0.170 e. The van der Waals surface area contributed by atoms with E-state index in [1.807, 2.05) is 17.7 Å². The van der Waals surface area contributed by atoms with Crippen LogP contribution >= 0.6 is 0 Å². The molecule has 4 nitrogen and oxygen atoms in total. The molecule has 0 fully saturated rings. The molecular weight excluding hydrogens is 154 g/mol. The lowest BCUT2D eigenvalue weighted by Crippen LogP contribution is -1.89. The first-order valence-corrected chi connectivity index (χ1v) is 3.54. The van der Waals surface area contributed by atoms with E-state index in [0.29, 0.717) is 11.2 Å². The average Bonchev–Trinajstić information content (AvgIpc) is 2.48. The van der Waals surface area contributed by atoms with E-state index in [-0.39, 0.29) is 0 Å². The minimum Gasteiger partial charge on any atom is -0.334 e. The molecule has 0 aliphatic carbocycles. The Morgan fingerprint density at radius 3 is 3.08 bits per heavy atom. The van der Waals surface area contributed by atoms with Crippen LogP contribution in [-0.4, -0.2) is 20.8 Å². The van der Waals surface area contributed by atoms with Crippen LogP contribution in [0.4, 0.5) is 0 Å². The number of aromatic nitrogens is 3. The highest BCUT2D eigenvalue weighted by molar-refractivity contribution is 5.91. The lowest BCUT2D eigenvalue weighted by molar-refractivity contribution is 0.112. The number of pyridine rings is 1. The first-order chi connectivity index (χ1) is 5.83. The molecule has 2 rings (SSSR count). The Kier molecular flexibility index (Phi) is 1.40. The fraction of sp³-hybridized carbons (Fsp3) is 0.125. The highest BCUT2D eigenvalue weighted by Crippen LogP contribution is 2.11. The van der Waals surface area contributed by atoms with Crippen LogP contribution in [0, 0.1) is 0 Å². The molecule has 0 radical (unpaired) electrons. The number of fused-ring (bicyclic) bond motifs is 1. The first kappa shape index (κ1) is 6.97. The molecule has 0 N–H and O–H groups in total. The summed E-state index contributed by atoms with van der Waals surface area (Å²) in [5.41, 5.74) is 1.98. The molecule has 0 spiro atoms. The fourth-order valence-electron chi connectivity index (χ4n) is 1.17. The van der Waals surface area contributed by atoms with Crippen molar-refractivity contribution in [3.8, 4) is 0 Å². The van der Waals surface area contributed by atoms with E-state index in [0.717, 1.165) is 11.8 Å². The average molecular weight is 161 g/mol. The van der Waals surface area contributed by atoms with Gasteiger partial charge in [0.15, 0.2) is 6.29 Å². The normalized spacial score (nSPS) is 10.4. The Morgan fingerprint density at radius 1 is 1.50 bits per heavy atom. The van der Waals surface area contributed by atoms with Crippen molar-refractivity contribution >= 4 is 17.3 Å². The zero-order chi connectivity index (χ0) is 8.55. The Hall–Kier alpha value is -1.71. The van der Waals surface area contributed by atoms with Crippen LogP contribution in [0.3, 0.4) is 0 Å². The Morgan fingerprint density at radius 2 is 2.33 bits per heavy atom. The quantitative estimate of drug-likeness (QED) is 0.580. The second kappa shape index (κ2) is 2.41. The third-order valence-corrected chi connectivity index (χ3v) is 1.78. The van der Waals surface area contributed by atoms with Crippen LogP contribution in [-0.2, 0) is 7.05 Å². The fourth-order valence-corrected chi connectivity index (χ4v) is 1.17. The molecule has 0 aliphatic heterocycles. The number of aryl methyl sites for hydroxylation is 1. The van der Waals surface area contributed by atoms with Gasteiger partial charge in [-0.1, -0.05) is 0 Å². The summed E-state index contributed by atoms with van der Waals surface area (Å²) in [6.45, 7) is 0. The molecular formula is C8H7N3O. The molecule has 2 aromatic rings. The number of carbonyl (C=O) groups is 1. The predicted molar refractivity (Wildman–Crippen MR) is 43.9 cm³/mol. The standard InChI is InChI=1S/C8H7N3O/c1-11-5-10-8-6(4-12)9-3-2-7(8)11/h2-5H,1H3. The molecule has 2 aromatic heterocycles. The summed E-state index contributed by atoms with van der Waals surface area (Å²) < 4.78 is 1.85. The molecule has 60 valence electrons. The SMILES string of the molecule is Cn1cnc2c(C=O)nccc21. The second-order valence-electron chi connectivity index (χ2n) is 2.54. The van der Waals surface area contributed by atoms with Crippen molar-refractivity contribution in [2.75, 3.05) is 0 Å². The largest absolute Gasteiger partial charge is 0.334 e. The van der Waals surface area contributed by atoms with E-state index in [4.69, 9.17) is 0 Å². The van der Waals surface area contributed by atoms with Gasteiger partial charge in [-0.15, -0.1) is 0 Å². The van der Waals surface area contributed by atoms with E-state index in [1.54, 1.807) is 12.5 Å². The van der Waals surface area contributed by atoms with Crippen molar-refractivity contribution in [1.29, 1.82) is 0 Å². The minimum atomic E-state index is 0.396. The highest BCUT2D eigenvalue weighted by atomic mass is 16.1. The van der Waals surface area contributed by atoms with Crippen molar-refractivity contribution in [2.45, 2.75) is 0 Å². The summed E-state index contributed by atoms with van der Waals surface area (Å²) in [6, 6.07) is 1.83. The lowest BCUT2D eigenvalue weighted by Gasteiger charge is -1.93. The zero-order valence-corrected chi connectivity index (χ0v) is 6.56. The summed E-state index contributed by atoms with van der Waals surface area (Å²) in [4.78, 5) is 18.5. The van der Waals surface area contributed by atoms with E-state index < -0.39 is 0 Å². The lowest BCUT2D eigenvalue weighted by atomic mass is 10.3. The van der Waals surface area contributed by atoms with E-state index >= 15 is 0 Å². The van der Waals surface area contributed by atoms with Crippen molar-refractivity contribution in [2.24, 2.45) is 7.05 Å². The number of nitrogens with zero attached hydrogens (tertiary/aromatic N) is 3. The predicted octanol–water partition coefficient (Wildman–Crippen LogP) is 0.781. The number of carbonyl (C=O) groups excluding carboxylic acids is 1. The van der Waals surface area contributed by atoms with E-state index in [9.17, 15) is 4.79 Å². The van der Waals surface area contributed by atoms with Gasteiger partial charge in [-0.3, -0.25) is 9.78 Å². The van der Waals surface area contributed by atoms with Crippen LogP contribution in [0.15, 0.2) is 18.6 Å². The Bertz CT molecular complexity index is 433. The summed E-state index contributed by atoms with van der Waals surface area (Å²) >= 11 is 0. The third kappa shape index (κ3) is 0.812. The van der Waals surface area contributed by atoms with Crippen LogP contribution < -0.4 is 0 Å². The topological polar surface area (TPSA) is 47.8 Å². The van der Waals surface area contributed by atoms with Gasteiger partial charge in [-0.25, -0.2) is 4.98 Å². The second-order valence-corrected chi connectivity index (χ2v) is 2.54. The molecule has 0 saturated carbocycles. The first-order valence-electron chi connectivity index (χ1n) is 3.54. The van der Waals surface area contributed by atoms with Gasteiger partial charge >= 0.3 is 0 Å². The van der Waals surface area contributed by atoms with Crippen molar-refractivity contribution in [3.05, 3.63) is 24.3 Å². The number of aldehydes is 1. The molecule has 0 saturated heterocycles. The monoisotopic (exact) mass is 161 g/mol. The summed E-state index contributed by atoms with van der Waals surface area (Å²) in [7, 11) is 1.88. The van der Waals surface area contributed by atoms with Gasteiger partial charge in [0, 0.05) is 13.2 Å². The number of hydrogen-bond acceptors (Lipinski definition) is 3. The summed E-state index contributed by atoms with van der Waals surface area (Å²) in [5.74, 6) is 0. The number of rotatable bonds is 1. The maximum atomic E-state index is 10.5. The van der Waals surface area contributed by atoms with E-state index in [2.05, 4.69) is 9.97 Å². The minimum absolute atomic E-state index is 0.396. The molecule has 0 bridgehead atoms. The summed E-state index contributed by atoms with van der Waals surface area (Å²) in [6.07, 6.45) is 3.99. The van der Waals surface area contributed by atoms with Crippen LogP contribution in [0.2, 0.25) is 0 Å².